The minimum absolute atomic E-state index is 0.216. The monoisotopic (exact) mass is 331 g/mol. The Bertz CT molecular complexity index is 1020. The number of rotatable bonds is 2. The second-order valence-electron chi connectivity index (χ2n) is 5.93. The molecule has 5 nitrogen and oxygen atoms in total. The number of fused-ring (bicyclic) bond motifs is 2. The van der Waals surface area contributed by atoms with Crippen molar-refractivity contribution in [1.82, 2.24) is 0 Å². The van der Waals surface area contributed by atoms with Gasteiger partial charge >= 0.3 is 0 Å². The molecule has 4 rings (SSSR count). The number of aromatic hydroxyl groups is 1. The summed E-state index contributed by atoms with van der Waals surface area (Å²) in [4.78, 5) is 0. The Morgan fingerprint density at radius 1 is 1.04 bits per heavy atom. The van der Waals surface area contributed by atoms with E-state index in [1.54, 1.807) is 18.2 Å². The number of phenolic OH excluding ortho intramolecular Hbond substituents is 1. The highest BCUT2D eigenvalue weighted by Gasteiger charge is 2.21. The largest absolute Gasteiger partial charge is 0.508 e. The zero-order valence-corrected chi connectivity index (χ0v) is 13.3. The third kappa shape index (κ3) is 2.70. The summed E-state index contributed by atoms with van der Waals surface area (Å²) < 4.78 is 0. The van der Waals surface area contributed by atoms with Crippen LogP contribution in [0.5, 0.6) is 5.75 Å². The average Bonchev–Trinajstić information content (AvgIpc) is 2.60. The number of hydrogen-bond acceptors (Lipinski definition) is 5. The molecule has 0 aliphatic heterocycles. The fourth-order valence-corrected chi connectivity index (χ4v) is 3.05. The van der Waals surface area contributed by atoms with Crippen molar-refractivity contribution in [3.8, 4) is 5.75 Å². The summed E-state index contributed by atoms with van der Waals surface area (Å²) in [5.41, 5.74) is 12.7. The Hall–Kier alpha value is -3.31. The van der Waals surface area contributed by atoms with Crippen LogP contribution in [0, 0.1) is 0 Å². The summed E-state index contributed by atoms with van der Waals surface area (Å²) in [6.07, 6.45) is 2.68. The number of nitrogen functional groups attached to an aromatic ring is 1. The summed E-state index contributed by atoms with van der Waals surface area (Å²) in [6.45, 7) is 0. The standard InChI is InChI=1S/C20H17N3O2/c21-17-5-2-4-16-15(17)9-10-19(25)20(16)23-22-18-6-1-3-12-11-13(24)7-8-14(12)18/h1-11,19,22,24-25H,21H2/b23-20-. The van der Waals surface area contributed by atoms with Crippen LogP contribution in [0.4, 0.5) is 11.4 Å². The molecule has 3 aromatic rings. The molecule has 0 heterocycles. The van der Waals surface area contributed by atoms with E-state index in [2.05, 4.69) is 10.5 Å². The van der Waals surface area contributed by atoms with Gasteiger partial charge in [0.15, 0.2) is 0 Å². The Morgan fingerprint density at radius 2 is 1.88 bits per heavy atom. The first-order valence-corrected chi connectivity index (χ1v) is 7.94. The van der Waals surface area contributed by atoms with Crippen LogP contribution in [0.3, 0.4) is 0 Å². The lowest BCUT2D eigenvalue weighted by atomic mass is 9.92. The van der Waals surface area contributed by atoms with E-state index in [0.717, 1.165) is 27.6 Å². The number of nitrogens with two attached hydrogens (primary N) is 1. The Kier molecular flexibility index (Phi) is 3.63. The predicted molar refractivity (Wildman–Crippen MR) is 102 cm³/mol. The summed E-state index contributed by atoms with van der Waals surface area (Å²) >= 11 is 0. The van der Waals surface area contributed by atoms with E-state index >= 15 is 0 Å². The van der Waals surface area contributed by atoms with Crippen molar-refractivity contribution in [3.63, 3.8) is 0 Å². The first kappa shape index (κ1) is 15.2. The Labute approximate surface area is 144 Å². The molecule has 0 fully saturated rings. The van der Waals surface area contributed by atoms with Gasteiger partial charge in [0.2, 0.25) is 0 Å². The molecule has 0 radical (unpaired) electrons. The SMILES string of the molecule is Nc1cccc2c1C=CC(O)/C2=N\Nc1cccc2cc(O)ccc12. The number of hydrogen-bond donors (Lipinski definition) is 4. The fourth-order valence-electron chi connectivity index (χ4n) is 3.05. The van der Waals surface area contributed by atoms with Gasteiger partial charge in [-0.1, -0.05) is 30.3 Å². The highest BCUT2D eigenvalue weighted by atomic mass is 16.3. The summed E-state index contributed by atoms with van der Waals surface area (Å²) in [5, 5.41) is 26.2. The normalized spacial score (nSPS) is 17.6. The Morgan fingerprint density at radius 3 is 2.76 bits per heavy atom. The lowest BCUT2D eigenvalue weighted by Gasteiger charge is -2.19. The number of nitrogens with zero attached hydrogens (tertiary/aromatic N) is 1. The number of anilines is 2. The van der Waals surface area contributed by atoms with Crippen LogP contribution in [0.1, 0.15) is 11.1 Å². The van der Waals surface area contributed by atoms with Crippen LogP contribution >= 0.6 is 0 Å². The van der Waals surface area contributed by atoms with Gasteiger partial charge in [0.1, 0.15) is 17.6 Å². The number of hydrazone groups is 1. The zero-order chi connectivity index (χ0) is 17.4. The zero-order valence-electron chi connectivity index (χ0n) is 13.3. The van der Waals surface area contributed by atoms with E-state index < -0.39 is 6.10 Å². The highest BCUT2D eigenvalue weighted by Crippen LogP contribution is 2.28. The van der Waals surface area contributed by atoms with Gasteiger partial charge in [0.05, 0.1) is 5.69 Å². The molecule has 25 heavy (non-hydrogen) atoms. The van der Waals surface area contributed by atoms with Crippen molar-refractivity contribution in [2.45, 2.75) is 6.10 Å². The van der Waals surface area contributed by atoms with Crippen LogP contribution in [0.2, 0.25) is 0 Å². The molecule has 1 atom stereocenters. The summed E-state index contributed by atoms with van der Waals surface area (Å²) in [7, 11) is 0. The molecule has 5 heteroatoms. The van der Waals surface area contributed by atoms with Gasteiger partial charge in [0.25, 0.3) is 0 Å². The van der Waals surface area contributed by atoms with Crippen LogP contribution in [0.15, 0.2) is 65.8 Å². The van der Waals surface area contributed by atoms with Crippen LogP contribution in [0.25, 0.3) is 16.8 Å². The highest BCUT2D eigenvalue weighted by molar-refractivity contribution is 6.11. The quantitative estimate of drug-likeness (QED) is 0.428. The number of benzene rings is 3. The van der Waals surface area contributed by atoms with E-state index in [9.17, 15) is 10.2 Å². The molecule has 1 unspecified atom stereocenters. The molecule has 1 aliphatic carbocycles. The van der Waals surface area contributed by atoms with Crippen LogP contribution < -0.4 is 11.2 Å². The van der Waals surface area contributed by atoms with Crippen molar-refractivity contribution in [2.24, 2.45) is 5.10 Å². The second kappa shape index (κ2) is 5.96. The lowest BCUT2D eigenvalue weighted by Crippen LogP contribution is -2.24. The number of phenols is 1. The van der Waals surface area contributed by atoms with Gasteiger partial charge in [0, 0.05) is 22.2 Å². The van der Waals surface area contributed by atoms with Crippen molar-refractivity contribution >= 4 is 33.9 Å². The van der Waals surface area contributed by atoms with Crippen LogP contribution in [-0.4, -0.2) is 22.0 Å². The number of nitrogens with one attached hydrogen (secondary N) is 1. The molecule has 5 N–H and O–H groups in total. The van der Waals surface area contributed by atoms with Crippen molar-refractivity contribution in [3.05, 3.63) is 71.8 Å². The topological polar surface area (TPSA) is 90.9 Å². The minimum atomic E-state index is -0.805. The number of aliphatic hydroxyl groups excluding tert-OH is 1. The number of aliphatic hydroxyl groups is 1. The van der Waals surface area contributed by atoms with E-state index in [0.29, 0.717) is 11.4 Å². The molecule has 0 saturated carbocycles. The molecule has 124 valence electrons. The van der Waals surface area contributed by atoms with Gasteiger partial charge in [-0.3, -0.25) is 5.43 Å². The molecule has 1 aliphatic rings. The van der Waals surface area contributed by atoms with Crippen molar-refractivity contribution in [1.29, 1.82) is 0 Å². The molecule has 0 amide bonds. The first-order valence-electron chi connectivity index (χ1n) is 7.94. The third-order valence-electron chi connectivity index (χ3n) is 4.30. The lowest BCUT2D eigenvalue weighted by molar-refractivity contribution is 0.289. The molecular weight excluding hydrogens is 314 g/mol. The van der Waals surface area contributed by atoms with E-state index in [4.69, 9.17) is 5.73 Å². The fraction of sp³-hybridized carbons (Fsp3) is 0.0500. The van der Waals surface area contributed by atoms with Gasteiger partial charge < -0.3 is 15.9 Å². The maximum atomic E-state index is 10.3. The third-order valence-corrected chi connectivity index (χ3v) is 4.30. The Balaban J connectivity index is 1.76. The first-order chi connectivity index (χ1) is 12.1. The maximum Gasteiger partial charge on any atom is 0.117 e. The van der Waals surface area contributed by atoms with Gasteiger partial charge in [-0.05, 0) is 41.8 Å². The molecular formula is C20H17N3O2. The average molecular weight is 331 g/mol. The minimum Gasteiger partial charge on any atom is -0.508 e. The van der Waals surface area contributed by atoms with E-state index in [1.807, 2.05) is 48.5 Å². The van der Waals surface area contributed by atoms with Gasteiger partial charge in [-0.25, -0.2) is 0 Å². The molecule has 3 aromatic carbocycles. The molecule has 0 spiro atoms. The summed E-state index contributed by atoms with van der Waals surface area (Å²) in [5.74, 6) is 0.216. The van der Waals surface area contributed by atoms with E-state index in [-0.39, 0.29) is 5.75 Å². The summed E-state index contributed by atoms with van der Waals surface area (Å²) in [6, 6.07) is 16.4. The predicted octanol–water partition coefficient (Wildman–Crippen LogP) is 3.33. The van der Waals surface area contributed by atoms with E-state index in [1.165, 1.54) is 0 Å². The molecule has 0 aromatic heterocycles. The smallest absolute Gasteiger partial charge is 0.117 e. The maximum absolute atomic E-state index is 10.3. The van der Waals surface area contributed by atoms with Gasteiger partial charge in [-0.15, -0.1) is 0 Å². The molecule has 0 saturated heterocycles. The second-order valence-corrected chi connectivity index (χ2v) is 5.93. The van der Waals surface area contributed by atoms with Crippen LogP contribution in [-0.2, 0) is 0 Å². The van der Waals surface area contributed by atoms with Gasteiger partial charge in [-0.2, -0.15) is 5.10 Å². The molecule has 0 bridgehead atoms. The van der Waals surface area contributed by atoms with Crippen molar-refractivity contribution in [2.75, 3.05) is 11.2 Å². The van der Waals surface area contributed by atoms with Crippen molar-refractivity contribution < 1.29 is 10.2 Å².